The van der Waals surface area contributed by atoms with Gasteiger partial charge in [-0.15, -0.1) is 0 Å². The van der Waals surface area contributed by atoms with E-state index in [1.165, 1.54) is 11.1 Å². The lowest BCUT2D eigenvalue weighted by molar-refractivity contribution is 0.0568. The van der Waals surface area contributed by atoms with Crippen LogP contribution in [-0.4, -0.2) is 35.7 Å². The lowest BCUT2D eigenvalue weighted by Crippen LogP contribution is -2.41. The predicted octanol–water partition coefficient (Wildman–Crippen LogP) is 2.09. The Balaban J connectivity index is 2.01. The van der Waals surface area contributed by atoms with Crippen LogP contribution in [0.25, 0.3) is 0 Å². The Morgan fingerprint density at radius 1 is 1.26 bits per heavy atom. The van der Waals surface area contributed by atoms with Crippen LogP contribution < -0.4 is 5.73 Å². The van der Waals surface area contributed by atoms with E-state index in [0.717, 1.165) is 25.9 Å². The molecule has 0 bridgehead atoms. The second-order valence-electron chi connectivity index (χ2n) is 5.78. The van der Waals surface area contributed by atoms with Gasteiger partial charge in [-0.2, -0.15) is 0 Å². The van der Waals surface area contributed by atoms with Crippen molar-refractivity contribution in [1.82, 2.24) is 4.90 Å². The molecule has 106 valence electrons. The minimum Gasteiger partial charge on any atom is -0.393 e. The molecule has 0 radical (unpaired) electrons. The highest BCUT2D eigenvalue weighted by molar-refractivity contribution is 5.24. The number of benzene rings is 1. The van der Waals surface area contributed by atoms with Gasteiger partial charge in [-0.25, -0.2) is 0 Å². The Kier molecular flexibility index (Phi) is 4.97. The molecule has 2 atom stereocenters. The zero-order chi connectivity index (χ0) is 13.8. The van der Waals surface area contributed by atoms with Gasteiger partial charge in [-0.1, -0.05) is 29.8 Å². The third-order valence-electron chi connectivity index (χ3n) is 4.38. The van der Waals surface area contributed by atoms with Crippen molar-refractivity contribution in [2.24, 2.45) is 11.7 Å². The van der Waals surface area contributed by atoms with Crippen LogP contribution in [0, 0.1) is 12.8 Å². The van der Waals surface area contributed by atoms with Gasteiger partial charge < -0.3 is 10.8 Å². The summed E-state index contributed by atoms with van der Waals surface area (Å²) in [4.78, 5) is 2.46. The number of nitrogens with two attached hydrogens (primary N) is 1. The summed E-state index contributed by atoms with van der Waals surface area (Å²) in [5, 5.41) is 9.66. The highest BCUT2D eigenvalue weighted by atomic mass is 16.3. The summed E-state index contributed by atoms with van der Waals surface area (Å²) >= 11 is 0. The maximum Gasteiger partial charge on any atom is 0.0541 e. The van der Waals surface area contributed by atoms with Crippen LogP contribution in [0.15, 0.2) is 24.3 Å². The molecule has 0 spiro atoms. The molecule has 1 aromatic carbocycles. The van der Waals surface area contributed by atoms with Crippen molar-refractivity contribution in [3.8, 4) is 0 Å². The highest BCUT2D eigenvalue weighted by Crippen LogP contribution is 2.27. The fraction of sp³-hybridized carbons (Fsp3) is 0.625. The Hall–Kier alpha value is -0.900. The van der Waals surface area contributed by atoms with Crippen molar-refractivity contribution in [3.05, 3.63) is 35.4 Å². The molecule has 0 saturated carbocycles. The molecule has 1 heterocycles. The van der Waals surface area contributed by atoms with Crippen LogP contribution in [0.4, 0.5) is 0 Å². The van der Waals surface area contributed by atoms with Crippen LogP contribution in [0.5, 0.6) is 0 Å². The van der Waals surface area contributed by atoms with Crippen molar-refractivity contribution in [2.75, 3.05) is 19.6 Å². The number of likely N-dealkylation sites (tertiary alicyclic amines) is 1. The Labute approximate surface area is 116 Å². The number of aliphatic hydroxyl groups is 1. The van der Waals surface area contributed by atoms with Gasteiger partial charge in [0.05, 0.1) is 6.10 Å². The van der Waals surface area contributed by atoms with Crippen molar-refractivity contribution in [1.29, 1.82) is 0 Å². The Morgan fingerprint density at radius 2 is 1.84 bits per heavy atom. The second-order valence-corrected chi connectivity index (χ2v) is 5.78. The first-order valence-electron chi connectivity index (χ1n) is 7.30. The monoisotopic (exact) mass is 262 g/mol. The zero-order valence-corrected chi connectivity index (χ0v) is 12.0. The van der Waals surface area contributed by atoms with Gasteiger partial charge in [0, 0.05) is 12.6 Å². The second kappa shape index (κ2) is 6.51. The van der Waals surface area contributed by atoms with Crippen LogP contribution >= 0.6 is 0 Å². The van der Waals surface area contributed by atoms with E-state index in [1.807, 2.05) is 6.92 Å². The van der Waals surface area contributed by atoms with Crippen molar-refractivity contribution < 1.29 is 5.11 Å². The zero-order valence-electron chi connectivity index (χ0n) is 12.0. The van der Waals surface area contributed by atoms with Crippen LogP contribution in [0.2, 0.25) is 0 Å². The van der Waals surface area contributed by atoms with Gasteiger partial charge >= 0.3 is 0 Å². The van der Waals surface area contributed by atoms with E-state index < -0.39 is 0 Å². The van der Waals surface area contributed by atoms with Gasteiger partial charge in [0.1, 0.15) is 0 Å². The fourth-order valence-corrected chi connectivity index (χ4v) is 3.00. The van der Waals surface area contributed by atoms with Crippen LogP contribution in [0.1, 0.15) is 36.9 Å². The molecule has 2 unspecified atom stereocenters. The molecule has 3 nitrogen and oxygen atoms in total. The van der Waals surface area contributed by atoms with E-state index in [4.69, 9.17) is 5.73 Å². The molecule has 0 aromatic heterocycles. The number of piperidine rings is 1. The predicted molar refractivity (Wildman–Crippen MR) is 79.0 cm³/mol. The summed E-state index contributed by atoms with van der Waals surface area (Å²) in [6, 6.07) is 9.00. The largest absolute Gasteiger partial charge is 0.393 e. The number of rotatable bonds is 4. The highest BCUT2D eigenvalue weighted by Gasteiger charge is 2.27. The van der Waals surface area contributed by atoms with E-state index in [0.29, 0.717) is 18.5 Å². The molecule has 0 aliphatic carbocycles. The smallest absolute Gasteiger partial charge is 0.0541 e. The van der Waals surface area contributed by atoms with Crippen LogP contribution in [-0.2, 0) is 0 Å². The standard InChI is InChI=1S/C16H26N2O/c1-12-3-5-15(6-4-12)16(11-17)18-9-7-14(8-10-18)13(2)19/h3-6,13-14,16,19H,7-11,17H2,1-2H3. The first-order chi connectivity index (χ1) is 9.11. The number of aliphatic hydroxyl groups excluding tert-OH is 1. The van der Waals surface area contributed by atoms with E-state index in [2.05, 4.69) is 36.1 Å². The minimum absolute atomic E-state index is 0.183. The van der Waals surface area contributed by atoms with Crippen molar-refractivity contribution in [3.63, 3.8) is 0 Å². The van der Waals surface area contributed by atoms with Gasteiger partial charge in [0.25, 0.3) is 0 Å². The summed E-state index contributed by atoms with van der Waals surface area (Å²) in [6.07, 6.45) is 1.96. The minimum atomic E-state index is -0.183. The molecule has 1 aliphatic rings. The Morgan fingerprint density at radius 3 is 2.32 bits per heavy atom. The molecular formula is C16H26N2O. The summed E-state index contributed by atoms with van der Waals surface area (Å²) in [7, 11) is 0. The molecule has 1 saturated heterocycles. The maximum atomic E-state index is 9.66. The first-order valence-corrected chi connectivity index (χ1v) is 7.30. The van der Waals surface area contributed by atoms with E-state index >= 15 is 0 Å². The fourth-order valence-electron chi connectivity index (χ4n) is 3.00. The topological polar surface area (TPSA) is 49.5 Å². The molecule has 2 rings (SSSR count). The number of hydrogen-bond donors (Lipinski definition) is 2. The quantitative estimate of drug-likeness (QED) is 0.873. The normalized spacial score (nSPS) is 21.3. The van der Waals surface area contributed by atoms with Crippen molar-refractivity contribution >= 4 is 0 Å². The lowest BCUT2D eigenvalue weighted by Gasteiger charge is -2.38. The average molecular weight is 262 g/mol. The molecular weight excluding hydrogens is 236 g/mol. The van der Waals surface area contributed by atoms with Gasteiger partial charge in [-0.3, -0.25) is 4.90 Å². The third-order valence-corrected chi connectivity index (χ3v) is 4.38. The molecule has 1 aromatic rings. The first kappa shape index (κ1) is 14.5. The SMILES string of the molecule is Cc1ccc(C(CN)N2CCC(C(C)O)CC2)cc1. The van der Waals surface area contributed by atoms with E-state index in [-0.39, 0.29) is 6.10 Å². The molecule has 3 N–H and O–H groups in total. The Bertz CT molecular complexity index is 380. The van der Waals surface area contributed by atoms with Gasteiger partial charge in [-0.05, 0) is 51.3 Å². The van der Waals surface area contributed by atoms with E-state index in [1.54, 1.807) is 0 Å². The summed E-state index contributed by atoms with van der Waals surface area (Å²) in [6.45, 7) is 6.73. The number of nitrogens with zero attached hydrogens (tertiary/aromatic N) is 1. The van der Waals surface area contributed by atoms with Gasteiger partial charge in [0.15, 0.2) is 0 Å². The molecule has 0 amide bonds. The summed E-state index contributed by atoms with van der Waals surface area (Å²) < 4.78 is 0. The number of hydrogen-bond acceptors (Lipinski definition) is 3. The van der Waals surface area contributed by atoms with Crippen molar-refractivity contribution in [2.45, 2.75) is 38.8 Å². The summed E-state index contributed by atoms with van der Waals surface area (Å²) in [5.41, 5.74) is 8.57. The third kappa shape index (κ3) is 3.56. The molecule has 1 fully saturated rings. The van der Waals surface area contributed by atoms with E-state index in [9.17, 15) is 5.11 Å². The molecule has 19 heavy (non-hydrogen) atoms. The molecule has 3 heteroatoms. The summed E-state index contributed by atoms with van der Waals surface area (Å²) in [5.74, 6) is 0.452. The number of aryl methyl sites for hydroxylation is 1. The lowest BCUT2D eigenvalue weighted by atomic mass is 9.90. The van der Waals surface area contributed by atoms with Gasteiger partial charge in [0.2, 0.25) is 0 Å². The maximum absolute atomic E-state index is 9.66. The molecule has 1 aliphatic heterocycles. The van der Waals surface area contributed by atoms with Crippen LogP contribution in [0.3, 0.4) is 0 Å². The average Bonchev–Trinajstić information content (AvgIpc) is 2.42.